The predicted molar refractivity (Wildman–Crippen MR) is 235 cm³/mol. The Balaban J connectivity index is 2.21. The van der Waals surface area contributed by atoms with Crippen molar-refractivity contribution in [1.29, 1.82) is 0 Å². The highest BCUT2D eigenvalue weighted by molar-refractivity contribution is 5.70. The minimum Gasteiger partial charge on any atom is -0.466 e. The van der Waals surface area contributed by atoms with E-state index in [2.05, 4.69) is 32.6 Å². The molecule has 0 atom stereocenters. The molecule has 0 aromatic rings. The van der Waals surface area contributed by atoms with Gasteiger partial charge in [-0.3, -0.25) is 14.5 Å². The molecule has 1 heterocycles. The van der Waals surface area contributed by atoms with Crippen molar-refractivity contribution in [3.8, 4) is 0 Å². The van der Waals surface area contributed by atoms with Gasteiger partial charge in [-0.25, -0.2) is 0 Å². The maximum Gasteiger partial charge on any atom is 0.306 e. The molecule has 0 aromatic heterocycles. The van der Waals surface area contributed by atoms with Crippen LogP contribution in [0.1, 0.15) is 240 Å². The van der Waals surface area contributed by atoms with Crippen LogP contribution in [0.4, 0.5) is 0 Å². The molecule has 0 aliphatic carbocycles. The lowest BCUT2D eigenvalue weighted by Gasteiger charge is -2.28. The summed E-state index contributed by atoms with van der Waals surface area (Å²) in [5.74, 6) is 1.94. The zero-order chi connectivity index (χ0) is 39.9. The fraction of sp³-hybridized carbons (Fsp3) is 0.959. The van der Waals surface area contributed by atoms with Crippen molar-refractivity contribution in [2.24, 2.45) is 17.8 Å². The summed E-state index contributed by atoms with van der Waals surface area (Å²) >= 11 is 0. The zero-order valence-corrected chi connectivity index (χ0v) is 37.5. The molecule has 1 fully saturated rings. The number of nitrogens with zero attached hydrogens (tertiary/aromatic N) is 1. The predicted octanol–water partition coefficient (Wildman–Crippen LogP) is 14.2. The van der Waals surface area contributed by atoms with Crippen LogP contribution in [0.2, 0.25) is 0 Å². The van der Waals surface area contributed by atoms with E-state index in [-0.39, 0.29) is 11.9 Å². The second kappa shape index (κ2) is 39.7. The van der Waals surface area contributed by atoms with Gasteiger partial charge in [-0.15, -0.1) is 0 Å². The van der Waals surface area contributed by atoms with Gasteiger partial charge in [-0.2, -0.15) is 0 Å². The molecule has 1 saturated heterocycles. The quantitative estimate of drug-likeness (QED) is 0.0455. The summed E-state index contributed by atoms with van der Waals surface area (Å²) in [6.07, 6.45) is 39.9. The van der Waals surface area contributed by atoms with Gasteiger partial charge in [0.15, 0.2) is 0 Å². The maximum atomic E-state index is 12.5. The van der Waals surface area contributed by atoms with Crippen molar-refractivity contribution in [2.75, 3.05) is 46.1 Å². The van der Waals surface area contributed by atoms with Crippen molar-refractivity contribution in [1.82, 2.24) is 4.90 Å². The van der Waals surface area contributed by atoms with E-state index in [1.54, 1.807) is 0 Å². The molecular formula is C49H95NO5. The van der Waals surface area contributed by atoms with E-state index >= 15 is 0 Å². The lowest BCUT2D eigenvalue weighted by atomic mass is 9.91. The van der Waals surface area contributed by atoms with Gasteiger partial charge in [0.1, 0.15) is 0 Å². The van der Waals surface area contributed by atoms with Gasteiger partial charge in [0.25, 0.3) is 0 Å². The van der Waals surface area contributed by atoms with Crippen LogP contribution in [-0.4, -0.2) is 62.9 Å². The number of carbonyl (C=O) groups is 2. The van der Waals surface area contributed by atoms with Crippen molar-refractivity contribution < 1.29 is 23.8 Å². The molecule has 6 nitrogen and oxygen atoms in total. The first-order valence-corrected chi connectivity index (χ1v) is 24.6. The third-order valence-corrected chi connectivity index (χ3v) is 12.3. The Morgan fingerprint density at radius 2 is 0.764 bits per heavy atom. The lowest BCUT2D eigenvalue weighted by Crippen LogP contribution is -2.37. The van der Waals surface area contributed by atoms with E-state index in [4.69, 9.17) is 14.2 Å². The molecule has 1 aliphatic heterocycles. The Morgan fingerprint density at radius 3 is 1.15 bits per heavy atom. The van der Waals surface area contributed by atoms with E-state index in [1.165, 1.54) is 193 Å². The molecule has 326 valence electrons. The molecule has 0 bridgehead atoms. The fourth-order valence-electron chi connectivity index (χ4n) is 8.50. The Morgan fingerprint density at radius 1 is 0.436 bits per heavy atom. The Hall–Kier alpha value is -1.14. The molecule has 0 radical (unpaired) electrons. The van der Waals surface area contributed by atoms with Gasteiger partial charge in [0.2, 0.25) is 0 Å². The molecule has 1 rings (SSSR count). The van der Waals surface area contributed by atoms with Gasteiger partial charge in [-0.1, -0.05) is 182 Å². The SMILES string of the molecule is CCCCCC(CCCCC)CC(=O)OCCCCCCCCC(CCCCCCCCOC(=O)CC(CCCCC)CCCCC)CCN1CCOCC1. The number of morpholine rings is 1. The van der Waals surface area contributed by atoms with Crippen LogP contribution in [0.25, 0.3) is 0 Å². The number of carbonyl (C=O) groups excluding carboxylic acids is 2. The van der Waals surface area contributed by atoms with Crippen LogP contribution in [0.15, 0.2) is 0 Å². The largest absolute Gasteiger partial charge is 0.466 e. The number of hydrogen-bond acceptors (Lipinski definition) is 6. The molecule has 0 spiro atoms. The Bertz CT molecular complexity index is 754. The highest BCUT2D eigenvalue weighted by Crippen LogP contribution is 2.25. The normalized spacial score (nSPS) is 13.7. The smallest absolute Gasteiger partial charge is 0.306 e. The summed E-state index contributed by atoms with van der Waals surface area (Å²) < 4.78 is 16.9. The van der Waals surface area contributed by atoms with Crippen molar-refractivity contribution in [2.45, 2.75) is 240 Å². The van der Waals surface area contributed by atoms with Crippen molar-refractivity contribution >= 4 is 11.9 Å². The Labute approximate surface area is 343 Å². The number of hydrogen-bond donors (Lipinski definition) is 0. The highest BCUT2D eigenvalue weighted by Gasteiger charge is 2.17. The summed E-state index contributed by atoms with van der Waals surface area (Å²) in [4.78, 5) is 27.7. The summed E-state index contributed by atoms with van der Waals surface area (Å²) in [7, 11) is 0. The van der Waals surface area contributed by atoms with E-state index in [1.807, 2.05) is 0 Å². The number of rotatable bonds is 41. The van der Waals surface area contributed by atoms with Crippen LogP contribution in [0, 0.1) is 17.8 Å². The topological polar surface area (TPSA) is 65.1 Å². The third-order valence-electron chi connectivity index (χ3n) is 12.3. The summed E-state index contributed by atoms with van der Waals surface area (Å²) in [6, 6.07) is 0. The fourth-order valence-corrected chi connectivity index (χ4v) is 8.50. The van der Waals surface area contributed by atoms with Gasteiger partial charge < -0.3 is 14.2 Å². The molecule has 0 saturated carbocycles. The zero-order valence-electron chi connectivity index (χ0n) is 37.5. The van der Waals surface area contributed by atoms with E-state index < -0.39 is 0 Å². The standard InChI is InChI=1S/C49H95NO5/c1-5-9-21-31-46(32-22-10-6-2)43-48(51)54-39-27-19-15-13-17-25-29-45(35-36-50-37-41-53-42-38-50)30-26-18-14-16-20-28-40-55-49(52)44-47(33-23-11-7-3)34-24-12-8-4/h45-47H,5-44H2,1-4H3. The monoisotopic (exact) mass is 778 g/mol. The second-order valence-corrected chi connectivity index (χ2v) is 17.5. The first kappa shape index (κ1) is 51.9. The highest BCUT2D eigenvalue weighted by atomic mass is 16.5. The van der Waals surface area contributed by atoms with Crippen LogP contribution >= 0.6 is 0 Å². The van der Waals surface area contributed by atoms with Crippen LogP contribution in [0.3, 0.4) is 0 Å². The van der Waals surface area contributed by atoms with Crippen molar-refractivity contribution in [3.63, 3.8) is 0 Å². The Kier molecular flexibility index (Phi) is 37.4. The molecule has 55 heavy (non-hydrogen) atoms. The summed E-state index contributed by atoms with van der Waals surface area (Å²) in [6.45, 7) is 15.4. The minimum absolute atomic E-state index is 0.0356. The molecule has 0 N–H and O–H groups in total. The maximum absolute atomic E-state index is 12.5. The van der Waals surface area contributed by atoms with Crippen molar-refractivity contribution in [3.05, 3.63) is 0 Å². The molecule has 1 aliphatic rings. The second-order valence-electron chi connectivity index (χ2n) is 17.5. The summed E-state index contributed by atoms with van der Waals surface area (Å²) in [5.41, 5.74) is 0. The van der Waals surface area contributed by atoms with Crippen LogP contribution < -0.4 is 0 Å². The molecule has 0 aromatic carbocycles. The average Bonchev–Trinajstić information content (AvgIpc) is 3.18. The summed E-state index contributed by atoms with van der Waals surface area (Å²) in [5, 5.41) is 0. The van der Waals surface area contributed by atoms with Gasteiger partial charge in [0.05, 0.1) is 26.4 Å². The lowest BCUT2D eigenvalue weighted by molar-refractivity contribution is -0.146. The number of esters is 2. The number of ether oxygens (including phenoxy) is 3. The average molecular weight is 778 g/mol. The minimum atomic E-state index is 0.0356. The molecule has 6 heteroatoms. The van der Waals surface area contributed by atoms with E-state index in [0.29, 0.717) is 37.9 Å². The van der Waals surface area contributed by atoms with Crippen LogP contribution in [0.5, 0.6) is 0 Å². The van der Waals surface area contributed by atoms with E-state index in [9.17, 15) is 9.59 Å². The molecule has 0 amide bonds. The number of unbranched alkanes of at least 4 members (excludes halogenated alkanes) is 18. The first-order valence-electron chi connectivity index (χ1n) is 24.6. The molecule has 0 unspecified atom stereocenters. The van der Waals surface area contributed by atoms with Gasteiger partial charge in [0, 0.05) is 25.9 Å². The van der Waals surface area contributed by atoms with Gasteiger partial charge in [-0.05, 0) is 69.2 Å². The third kappa shape index (κ3) is 33.5. The van der Waals surface area contributed by atoms with Gasteiger partial charge >= 0.3 is 11.9 Å². The first-order chi connectivity index (χ1) is 27.0. The van der Waals surface area contributed by atoms with Crippen LogP contribution in [-0.2, 0) is 23.8 Å². The van der Waals surface area contributed by atoms with E-state index in [0.717, 1.165) is 45.1 Å². The molecular weight excluding hydrogens is 683 g/mol.